The van der Waals surface area contributed by atoms with Gasteiger partial charge in [-0.1, -0.05) is 18.2 Å². The van der Waals surface area contributed by atoms with Gasteiger partial charge < -0.3 is 9.47 Å². The van der Waals surface area contributed by atoms with E-state index < -0.39 is 51.8 Å². The van der Waals surface area contributed by atoms with Crippen molar-refractivity contribution in [2.24, 2.45) is 11.8 Å². The molecule has 0 aliphatic heterocycles. The summed E-state index contributed by atoms with van der Waals surface area (Å²) in [6.45, 7) is 5.24. The molecule has 172 valence electrons. The third-order valence-electron chi connectivity index (χ3n) is 5.28. The van der Waals surface area contributed by atoms with E-state index in [4.69, 9.17) is 9.47 Å². The fourth-order valence-electron chi connectivity index (χ4n) is 3.59. The van der Waals surface area contributed by atoms with Gasteiger partial charge in [-0.15, -0.1) is 6.58 Å². The molecule has 0 radical (unpaired) electrons. The molecule has 2 atom stereocenters. The zero-order valence-electron chi connectivity index (χ0n) is 17.3. The highest BCUT2D eigenvalue weighted by molar-refractivity contribution is 5.68. The summed E-state index contributed by atoms with van der Waals surface area (Å²) < 4.78 is 94.9. The summed E-state index contributed by atoms with van der Waals surface area (Å²) >= 11 is 0. The molecule has 1 aliphatic rings. The Labute approximate surface area is 182 Å². The average molecular weight is 456 g/mol. The first-order chi connectivity index (χ1) is 15.2. The largest absolute Gasteiger partial charge is 0.492 e. The number of benzene rings is 2. The third-order valence-corrected chi connectivity index (χ3v) is 5.28. The molecule has 32 heavy (non-hydrogen) atoms. The Kier molecular flexibility index (Phi) is 7.21. The lowest BCUT2D eigenvalue weighted by atomic mass is 9.89. The molecule has 1 aliphatic carbocycles. The number of ether oxygens (including phenoxy) is 2. The number of rotatable bonds is 7. The van der Waals surface area contributed by atoms with Crippen LogP contribution in [-0.2, 0) is 6.18 Å². The second-order valence-electron chi connectivity index (χ2n) is 7.40. The van der Waals surface area contributed by atoms with Crippen LogP contribution >= 0.6 is 0 Å². The van der Waals surface area contributed by atoms with Crippen molar-refractivity contribution in [2.45, 2.75) is 25.9 Å². The van der Waals surface area contributed by atoms with Crippen molar-refractivity contribution in [3.8, 4) is 22.6 Å². The Morgan fingerprint density at radius 3 is 2.12 bits per heavy atom. The highest BCUT2D eigenvalue weighted by Gasteiger charge is 2.40. The van der Waals surface area contributed by atoms with Crippen molar-refractivity contribution >= 4 is 0 Å². The van der Waals surface area contributed by atoms with Crippen LogP contribution in [0.5, 0.6) is 11.5 Å². The predicted octanol–water partition coefficient (Wildman–Crippen LogP) is 7.34. The fourth-order valence-corrected chi connectivity index (χ4v) is 3.59. The highest BCUT2D eigenvalue weighted by Crippen LogP contribution is 2.43. The summed E-state index contributed by atoms with van der Waals surface area (Å²) in [4.78, 5) is 0. The number of allylic oxidation sites excluding steroid dienone is 2. The van der Waals surface area contributed by atoms with Crippen LogP contribution in [-0.4, -0.2) is 13.2 Å². The van der Waals surface area contributed by atoms with E-state index in [2.05, 4.69) is 6.58 Å². The molecule has 0 fully saturated rings. The molecule has 2 unspecified atom stereocenters. The maximum Gasteiger partial charge on any atom is 0.422 e. The monoisotopic (exact) mass is 456 g/mol. The number of hydrogen-bond donors (Lipinski definition) is 0. The lowest BCUT2D eigenvalue weighted by Gasteiger charge is -2.22. The van der Waals surface area contributed by atoms with Gasteiger partial charge in [-0.05, 0) is 49.9 Å². The minimum Gasteiger partial charge on any atom is -0.492 e. The molecule has 0 heterocycles. The van der Waals surface area contributed by atoms with Crippen LogP contribution in [0.15, 0.2) is 49.1 Å². The van der Waals surface area contributed by atoms with Gasteiger partial charge in [-0.25, -0.2) is 8.78 Å². The van der Waals surface area contributed by atoms with E-state index in [1.54, 1.807) is 13.0 Å². The average Bonchev–Trinajstić information content (AvgIpc) is 2.76. The van der Waals surface area contributed by atoms with Crippen molar-refractivity contribution in [1.82, 2.24) is 0 Å². The summed E-state index contributed by atoms with van der Waals surface area (Å²) in [6, 6.07) is 3.89. The standard InChI is InChI=1S/C24H22F6O2/c1-3-14-5-7-15(8-6-14)13-32-18-11-9-16(21(25)20(18)24(28,29)30)17-10-12-19(31-4-2)23(27)22(17)26/h3,5,7,9-12,14-15H,1,4,6,8,13H2,2H3. The van der Waals surface area contributed by atoms with Crippen molar-refractivity contribution in [1.29, 1.82) is 0 Å². The van der Waals surface area contributed by atoms with Crippen LogP contribution in [0.3, 0.4) is 0 Å². The lowest BCUT2D eigenvalue weighted by Crippen LogP contribution is -2.18. The molecule has 0 spiro atoms. The first kappa shape index (κ1) is 23.8. The SMILES string of the molecule is C=CC1C=CC(COc2ccc(-c3ccc(OCC)c(F)c3F)c(F)c2C(F)(F)F)CC1. The molecular weight excluding hydrogens is 434 g/mol. The van der Waals surface area contributed by atoms with Crippen molar-refractivity contribution in [3.63, 3.8) is 0 Å². The maximum atomic E-state index is 15.0. The van der Waals surface area contributed by atoms with Gasteiger partial charge in [0.25, 0.3) is 0 Å². The van der Waals surface area contributed by atoms with E-state index in [0.29, 0.717) is 6.42 Å². The molecule has 0 amide bonds. The van der Waals surface area contributed by atoms with Crippen molar-refractivity contribution in [3.05, 3.63) is 72.1 Å². The zero-order chi connectivity index (χ0) is 23.5. The summed E-state index contributed by atoms with van der Waals surface area (Å²) in [6.07, 6.45) is 1.90. The van der Waals surface area contributed by atoms with Crippen LogP contribution in [0.1, 0.15) is 25.3 Å². The molecule has 0 bridgehead atoms. The second kappa shape index (κ2) is 9.71. The fraction of sp³-hybridized carbons (Fsp3) is 0.333. The van der Waals surface area contributed by atoms with E-state index in [1.165, 1.54) is 0 Å². The van der Waals surface area contributed by atoms with Gasteiger partial charge in [0.2, 0.25) is 5.82 Å². The van der Waals surface area contributed by atoms with Gasteiger partial charge in [0, 0.05) is 17.0 Å². The summed E-state index contributed by atoms with van der Waals surface area (Å²) in [7, 11) is 0. The Bertz CT molecular complexity index is 1010. The van der Waals surface area contributed by atoms with Crippen LogP contribution in [0.4, 0.5) is 26.3 Å². The summed E-state index contributed by atoms with van der Waals surface area (Å²) in [5.74, 6) is -5.68. The van der Waals surface area contributed by atoms with Crippen LogP contribution < -0.4 is 9.47 Å². The van der Waals surface area contributed by atoms with Crippen LogP contribution in [0.2, 0.25) is 0 Å². The van der Waals surface area contributed by atoms with Crippen molar-refractivity contribution < 1.29 is 35.8 Å². The molecule has 2 aromatic rings. The van der Waals surface area contributed by atoms with Gasteiger partial charge in [-0.2, -0.15) is 17.6 Å². The third kappa shape index (κ3) is 4.95. The molecular formula is C24H22F6O2. The Morgan fingerprint density at radius 1 is 0.906 bits per heavy atom. The van der Waals surface area contributed by atoms with Gasteiger partial charge in [-0.3, -0.25) is 0 Å². The summed E-state index contributed by atoms with van der Waals surface area (Å²) in [5.41, 5.74) is -3.03. The number of halogens is 6. The molecule has 0 saturated carbocycles. The van der Waals surface area contributed by atoms with E-state index >= 15 is 0 Å². The topological polar surface area (TPSA) is 18.5 Å². The maximum absolute atomic E-state index is 15.0. The normalized spacial score (nSPS) is 18.5. The first-order valence-electron chi connectivity index (χ1n) is 10.1. The molecule has 0 aromatic heterocycles. The van der Waals surface area contributed by atoms with E-state index in [1.807, 2.05) is 12.2 Å². The molecule has 8 heteroatoms. The lowest BCUT2D eigenvalue weighted by molar-refractivity contribution is -0.141. The minimum atomic E-state index is -5.11. The molecule has 3 rings (SSSR count). The van der Waals surface area contributed by atoms with Gasteiger partial charge >= 0.3 is 6.18 Å². The second-order valence-corrected chi connectivity index (χ2v) is 7.40. The minimum absolute atomic E-state index is 0.0543. The molecule has 0 saturated heterocycles. The van der Waals surface area contributed by atoms with Gasteiger partial charge in [0.1, 0.15) is 17.1 Å². The Morgan fingerprint density at radius 2 is 1.56 bits per heavy atom. The number of hydrogen-bond acceptors (Lipinski definition) is 2. The van der Waals surface area contributed by atoms with E-state index in [-0.39, 0.29) is 25.0 Å². The quantitative estimate of drug-likeness (QED) is 0.321. The molecule has 2 aromatic carbocycles. The van der Waals surface area contributed by atoms with E-state index in [9.17, 15) is 26.3 Å². The smallest absolute Gasteiger partial charge is 0.422 e. The number of alkyl halides is 3. The van der Waals surface area contributed by atoms with Crippen LogP contribution in [0.25, 0.3) is 11.1 Å². The summed E-state index contributed by atoms with van der Waals surface area (Å²) in [5, 5.41) is 0. The first-order valence-corrected chi connectivity index (χ1v) is 10.1. The molecule has 0 N–H and O–H groups in total. The predicted molar refractivity (Wildman–Crippen MR) is 109 cm³/mol. The van der Waals surface area contributed by atoms with E-state index in [0.717, 1.165) is 30.7 Å². The van der Waals surface area contributed by atoms with Crippen LogP contribution in [0, 0.1) is 29.3 Å². The van der Waals surface area contributed by atoms with Gasteiger partial charge in [0.15, 0.2) is 11.6 Å². The Hall–Kier alpha value is -2.90. The Balaban J connectivity index is 1.95. The zero-order valence-corrected chi connectivity index (χ0v) is 17.3. The van der Waals surface area contributed by atoms with Crippen molar-refractivity contribution in [2.75, 3.05) is 13.2 Å². The van der Waals surface area contributed by atoms with Gasteiger partial charge in [0.05, 0.1) is 13.2 Å². The highest BCUT2D eigenvalue weighted by atomic mass is 19.4. The molecule has 2 nitrogen and oxygen atoms in total.